The summed E-state index contributed by atoms with van der Waals surface area (Å²) in [5.74, 6) is 1.74. The van der Waals surface area contributed by atoms with E-state index in [1.165, 1.54) is 5.56 Å². The monoisotopic (exact) mass is 249 g/mol. The first-order valence-corrected chi connectivity index (χ1v) is 6.73. The second-order valence-corrected chi connectivity index (χ2v) is 5.55. The highest BCUT2D eigenvalue weighted by atomic mass is 16.5. The number of hydrogen-bond acceptors (Lipinski definition) is 3. The molecular formula is C15H23NO2. The summed E-state index contributed by atoms with van der Waals surface area (Å²) in [6.07, 6.45) is 3.06. The average molecular weight is 249 g/mol. The van der Waals surface area contributed by atoms with Crippen LogP contribution in [0, 0.1) is 0 Å². The fourth-order valence-corrected chi connectivity index (χ4v) is 2.41. The lowest BCUT2D eigenvalue weighted by atomic mass is 10.0. The highest BCUT2D eigenvalue weighted by Gasteiger charge is 2.32. The lowest BCUT2D eigenvalue weighted by Crippen LogP contribution is -2.27. The molecule has 0 saturated heterocycles. The van der Waals surface area contributed by atoms with Gasteiger partial charge < -0.3 is 15.2 Å². The molecule has 1 aliphatic heterocycles. The van der Waals surface area contributed by atoms with Crippen molar-refractivity contribution in [2.75, 3.05) is 6.54 Å². The molecule has 0 aliphatic carbocycles. The van der Waals surface area contributed by atoms with Crippen molar-refractivity contribution < 1.29 is 9.47 Å². The van der Waals surface area contributed by atoms with Crippen LogP contribution in [0.2, 0.25) is 0 Å². The van der Waals surface area contributed by atoms with E-state index in [-0.39, 0.29) is 11.7 Å². The van der Waals surface area contributed by atoms with Crippen LogP contribution in [0.25, 0.3) is 0 Å². The summed E-state index contributed by atoms with van der Waals surface area (Å²) in [5.41, 5.74) is 6.83. The van der Waals surface area contributed by atoms with Crippen LogP contribution in [0.1, 0.15) is 39.2 Å². The molecule has 18 heavy (non-hydrogen) atoms. The molecule has 1 atom stereocenters. The molecule has 0 bridgehead atoms. The third-order valence-electron chi connectivity index (χ3n) is 3.22. The van der Waals surface area contributed by atoms with E-state index in [0.717, 1.165) is 30.8 Å². The van der Waals surface area contributed by atoms with Gasteiger partial charge >= 0.3 is 0 Å². The highest BCUT2D eigenvalue weighted by molar-refractivity contribution is 5.50. The van der Waals surface area contributed by atoms with Crippen molar-refractivity contribution in [2.24, 2.45) is 5.73 Å². The van der Waals surface area contributed by atoms with Gasteiger partial charge in [0, 0.05) is 18.5 Å². The molecule has 0 fully saturated rings. The Morgan fingerprint density at radius 2 is 2.22 bits per heavy atom. The fourth-order valence-electron chi connectivity index (χ4n) is 2.41. The number of fused-ring (bicyclic) bond motifs is 1. The van der Waals surface area contributed by atoms with Crippen molar-refractivity contribution in [3.63, 3.8) is 0 Å². The first kappa shape index (κ1) is 13.2. The van der Waals surface area contributed by atoms with Crippen molar-refractivity contribution in [2.45, 2.75) is 51.7 Å². The Morgan fingerprint density at radius 1 is 1.44 bits per heavy atom. The third-order valence-corrected chi connectivity index (χ3v) is 3.22. The van der Waals surface area contributed by atoms with E-state index in [1.54, 1.807) is 0 Å². The molecule has 1 aromatic rings. The summed E-state index contributed by atoms with van der Waals surface area (Å²) >= 11 is 0. The van der Waals surface area contributed by atoms with E-state index in [0.29, 0.717) is 6.54 Å². The zero-order valence-electron chi connectivity index (χ0n) is 11.5. The molecule has 3 heteroatoms. The molecule has 1 aliphatic rings. The van der Waals surface area contributed by atoms with Crippen LogP contribution in [0.15, 0.2) is 18.2 Å². The van der Waals surface area contributed by atoms with E-state index < -0.39 is 0 Å². The van der Waals surface area contributed by atoms with Gasteiger partial charge in [-0.2, -0.15) is 0 Å². The molecular weight excluding hydrogens is 226 g/mol. The van der Waals surface area contributed by atoms with E-state index in [2.05, 4.69) is 26.8 Å². The summed E-state index contributed by atoms with van der Waals surface area (Å²) in [4.78, 5) is 0. The molecule has 1 unspecified atom stereocenters. The molecule has 1 aromatic carbocycles. The molecule has 2 rings (SSSR count). The first-order chi connectivity index (χ1) is 8.55. The van der Waals surface area contributed by atoms with Gasteiger partial charge in [0.05, 0.1) is 0 Å². The molecule has 2 N–H and O–H groups in total. The zero-order chi connectivity index (χ0) is 13.2. The summed E-state index contributed by atoms with van der Waals surface area (Å²) in [5, 5.41) is 0. The number of rotatable bonds is 5. The molecule has 1 heterocycles. The second-order valence-electron chi connectivity index (χ2n) is 5.55. The fraction of sp³-hybridized carbons (Fsp3) is 0.600. The summed E-state index contributed by atoms with van der Waals surface area (Å²) in [7, 11) is 0. The van der Waals surface area contributed by atoms with Gasteiger partial charge in [-0.1, -0.05) is 25.5 Å². The molecule has 0 radical (unpaired) electrons. The molecule has 0 saturated carbocycles. The molecule has 0 amide bonds. The first-order valence-electron chi connectivity index (χ1n) is 6.73. The summed E-state index contributed by atoms with van der Waals surface area (Å²) in [6, 6.07) is 6.10. The topological polar surface area (TPSA) is 44.5 Å². The Kier molecular flexibility index (Phi) is 3.81. The Morgan fingerprint density at radius 3 is 2.89 bits per heavy atom. The SMILES string of the molecule is CCCC(CN)Oc1cccc2c1OC(C)(C)C2. The third kappa shape index (κ3) is 2.78. The minimum atomic E-state index is -0.134. The standard InChI is InChI=1S/C15H23NO2/c1-4-6-12(10-16)17-13-8-5-7-11-9-15(2,3)18-14(11)13/h5,7-8,12H,4,6,9-10,16H2,1-3H3. The van der Waals surface area contributed by atoms with Crippen LogP contribution >= 0.6 is 0 Å². The molecule has 3 nitrogen and oxygen atoms in total. The Hall–Kier alpha value is -1.22. The molecule has 0 spiro atoms. The lowest BCUT2D eigenvalue weighted by Gasteiger charge is -2.21. The van der Waals surface area contributed by atoms with Crippen LogP contribution in [0.5, 0.6) is 11.5 Å². The maximum absolute atomic E-state index is 5.99. The number of para-hydroxylation sites is 1. The van der Waals surface area contributed by atoms with Crippen molar-refractivity contribution in [3.8, 4) is 11.5 Å². The Bertz CT molecular complexity index is 415. The van der Waals surface area contributed by atoms with Crippen LogP contribution in [0.4, 0.5) is 0 Å². The van der Waals surface area contributed by atoms with Gasteiger partial charge in [0.1, 0.15) is 11.7 Å². The van der Waals surface area contributed by atoms with Crippen molar-refractivity contribution in [3.05, 3.63) is 23.8 Å². The summed E-state index contributed by atoms with van der Waals surface area (Å²) < 4.78 is 12.0. The second kappa shape index (κ2) is 5.19. The van der Waals surface area contributed by atoms with E-state index in [4.69, 9.17) is 15.2 Å². The zero-order valence-corrected chi connectivity index (χ0v) is 11.5. The van der Waals surface area contributed by atoms with E-state index in [9.17, 15) is 0 Å². The number of benzene rings is 1. The quantitative estimate of drug-likeness (QED) is 0.872. The molecule has 100 valence electrons. The maximum Gasteiger partial charge on any atom is 0.165 e. The van der Waals surface area contributed by atoms with Crippen molar-refractivity contribution >= 4 is 0 Å². The predicted octanol–water partition coefficient (Wildman–Crippen LogP) is 2.91. The minimum Gasteiger partial charge on any atom is -0.485 e. The number of ether oxygens (including phenoxy) is 2. The van der Waals surface area contributed by atoms with Crippen LogP contribution < -0.4 is 15.2 Å². The minimum absolute atomic E-state index is 0.0776. The predicted molar refractivity (Wildman–Crippen MR) is 73.2 cm³/mol. The highest BCUT2D eigenvalue weighted by Crippen LogP contribution is 2.42. The van der Waals surface area contributed by atoms with Crippen molar-refractivity contribution in [1.82, 2.24) is 0 Å². The van der Waals surface area contributed by atoms with Crippen LogP contribution in [0.3, 0.4) is 0 Å². The van der Waals surface area contributed by atoms with Crippen molar-refractivity contribution in [1.29, 1.82) is 0 Å². The average Bonchev–Trinajstić information content (AvgIpc) is 2.63. The maximum atomic E-state index is 5.99. The normalized spacial score (nSPS) is 18.0. The van der Waals surface area contributed by atoms with Crippen LogP contribution in [-0.4, -0.2) is 18.2 Å². The van der Waals surface area contributed by atoms with Crippen LogP contribution in [-0.2, 0) is 6.42 Å². The van der Waals surface area contributed by atoms with Gasteiger partial charge in [-0.3, -0.25) is 0 Å². The van der Waals surface area contributed by atoms with Gasteiger partial charge in [-0.25, -0.2) is 0 Å². The largest absolute Gasteiger partial charge is 0.485 e. The number of nitrogens with two attached hydrogens (primary N) is 1. The van der Waals surface area contributed by atoms with Gasteiger partial charge in [-0.15, -0.1) is 0 Å². The summed E-state index contributed by atoms with van der Waals surface area (Å²) in [6.45, 7) is 6.88. The number of hydrogen-bond donors (Lipinski definition) is 1. The van der Waals surface area contributed by atoms with Gasteiger partial charge in [0.2, 0.25) is 0 Å². The molecule has 0 aromatic heterocycles. The van der Waals surface area contributed by atoms with Gasteiger partial charge in [0.25, 0.3) is 0 Å². The lowest BCUT2D eigenvalue weighted by molar-refractivity contribution is 0.124. The van der Waals surface area contributed by atoms with E-state index >= 15 is 0 Å². The Balaban J connectivity index is 2.18. The Labute approximate surface area is 109 Å². The van der Waals surface area contributed by atoms with Gasteiger partial charge in [-0.05, 0) is 26.3 Å². The van der Waals surface area contributed by atoms with E-state index in [1.807, 2.05) is 12.1 Å². The smallest absolute Gasteiger partial charge is 0.165 e. The van der Waals surface area contributed by atoms with Gasteiger partial charge in [0.15, 0.2) is 11.5 Å².